The Morgan fingerprint density at radius 1 is 1.50 bits per heavy atom. The van der Waals surface area contributed by atoms with Crippen LogP contribution in [0, 0.1) is 11.3 Å². The van der Waals surface area contributed by atoms with Crippen molar-refractivity contribution >= 4 is 0 Å². The zero-order valence-corrected chi connectivity index (χ0v) is 8.34. The molecule has 0 spiro atoms. The minimum atomic E-state index is -0.191. The van der Waals surface area contributed by atoms with Crippen LogP contribution in [0.1, 0.15) is 33.6 Å². The molecule has 0 saturated carbocycles. The zero-order valence-electron chi connectivity index (χ0n) is 8.34. The van der Waals surface area contributed by atoms with E-state index in [-0.39, 0.29) is 11.5 Å². The average Bonchev–Trinajstić information content (AvgIpc) is 2.37. The van der Waals surface area contributed by atoms with Gasteiger partial charge in [0, 0.05) is 13.2 Å². The quantitative estimate of drug-likeness (QED) is 0.688. The molecule has 0 radical (unpaired) electrons. The number of aliphatic hydroxyl groups excluding tert-OH is 1. The van der Waals surface area contributed by atoms with Gasteiger partial charge in [-0.2, -0.15) is 0 Å². The van der Waals surface area contributed by atoms with E-state index in [1.165, 1.54) is 0 Å². The van der Waals surface area contributed by atoms with Crippen molar-refractivity contribution in [3.05, 3.63) is 0 Å². The lowest BCUT2D eigenvalue weighted by molar-refractivity contribution is 0.0389. The molecular formula is C10H20O2. The first-order valence-electron chi connectivity index (χ1n) is 4.76. The Bertz CT molecular complexity index is 131. The van der Waals surface area contributed by atoms with Crippen LogP contribution in [-0.2, 0) is 4.74 Å². The smallest absolute Gasteiger partial charge is 0.0592 e. The van der Waals surface area contributed by atoms with E-state index < -0.39 is 0 Å². The van der Waals surface area contributed by atoms with E-state index in [2.05, 4.69) is 20.8 Å². The molecule has 1 fully saturated rings. The van der Waals surface area contributed by atoms with E-state index in [9.17, 15) is 5.11 Å². The van der Waals surface area contributed by atoms with Crippen molar-refractivity contribution in [3.8, 4) is 0 Å². The molecule has 0 bridgehead atoms. The monoisotopic (exact) mass is 172 g/mol. The molecule has 1 rings (SSSR count). The van der Waals surface area contributed by atoms with Crippen LogP contribution in [0.25, 0.3) is 0 Å². The molecule has 1 heterocycles. The number of ether oxygens (including phenoxy) is 1. The molecule has 12 heavy (non-hydrogen) atoms. The van der Waals surface area contributed by atoms with E-state index >= 15 is 0 Å². The van der Waals surface area contributed by atoms with Crippen molar-refractivity contribution < 1.29 is 9.84 Å². The summed E-state index contributed by atoms with van der Waals surface area (Å²) in [6, 6.07) is 0. The molecule has 1 saturated heterocycles. The molecule has 0 aromatic rings. The van der Waals surface area contributed by atoms with Gasteiger partial charge < -0.3 is 9.84 Å². The lowest BCUT2D eigenvalue weighted by atomic mass is 9.83. The topological polar surface area (TPSA) is 29.5 Å². The van der Waals surface area contributed by atoms with Crippen LogP contribution in [0.5, 0.6) is 0 Å². The lowest BCUT2D eigenvalue weighted by Gasteiger charge is -2.27. The first-order chi connectivity index (χ1) is 5.50. The van der Waals surface area contributed by atoms with Gasteiger partial charge >= 0.3 is 0 Å². The summed E-state index contributed by atoms with van der Waals surface area (Å²) in [4.78, 5) is 0. The first kappa shape index (κ1) is 10.0. The van der Waals surface area contributed by atoms with Crippen molar-refractivity contribution in [1.29, 1.82) is 0 Å². The minimum Gasteiger partial charge on any atom is -0.393 e. The maximum Gasteiger partial charge on any atom is 0.0592 e. The van der Waals surface area contributed by atoms with Crippen LogP contribution >= 0.6 is 0 Å². The molecular weight excluding hydrogens is 152 g/mol. The number of hydrogen-bond acceptors (Lipinski definition) is 2. The summed E-state index contributed by atoms with van der Waals surface area (Å²) in [6.07, 6.45) is 1.82. The van der Waals surface area contributed by atoms with Crippen molar-refractivity contribution in [3.63, 3.8) is 0 Å². The third kappa shape index (κ3) is 2.76. The molecule has 2 nitrogen and oxygen atoms in total. The average molecular weight is 172 g/mol. The van der Waals surface area contributed by atoms with Gasteiger partial charge in [0.25, 0.3) is 0 Å². The van der Waals surface area contributed by atoms with E-state index in [1.807, 2.05) is 0 Å². The number of aliphatic hydroxyl groups is 1. The highest BCUT2D eigenvalue weighted by molar-refractivity contribution is 4.77. The van der Waals surface area contributed by atoms with Gasteiger partial charge in [0.2, 0.25) is 0 Å². The van der Waals surface area contributed by atoms with Crippen LogP contribution in [0.3, 0.4) is 0 Å². The second-order valence-corrected chi connectivity index (χ2v) is 4.85. The van der Waals surface area contributed by atoms with Gasteiger partial charge in [-0.15, -0.1) is 0 Å². The summed E-state index contributed by atoms with van der Waals surface area (Å²) in [7, 11) is 0. The van der Waals surface area contributed by atoms with Gasteiger partial charge in [0.05, 0.1) is 6.10 Å². The summed E-state index contributed by atoms with van der Waals surface area (Å²) in [5.41, 5.74) is 0.0165. The van der Waals surface area contributed by atoms with Crippen LogP contribution in [0.2, 0.25) is 0 Å². The van der Waals surface area contributed by atoms with Crippen molar-refractivity contribution in [2.24, 2.45) is 11.3 Å². The fourth-order valence-electron chi connectivity index (χ4n) is 1.44. The lowest BCUT2D eigenvalue weighted by Crippen LogP contribution is -2.28. The largest absolute Gasteiger partial charge is 0.393 e. The van der Waals surface area contributed by atoms with E-state index in [0.29, 0.717) is 5.92 Å². The molecule has 72 valence electrons. The van der Waals surface area contributed by atoms with Crippen LogP contribution in [0.15, 0.2) is 0 Å². The molecule has 1 aliphatic heterocycles. The Morgan fingerprint density at radius 2 is 2.17 bits per heavy atom. The second-order valence-electron chi connectivity index (χ2n) is 4.85. The summed E-state index contributed by atoms with van der Waals surface area (Å²) in [5.74, 6) is 0.583. The second kappa shape index (κ2) is 3.75. The summed E-state index contributed by atoms with van der Waals surface area (Å²) in [6.45, 7) is 7.95. The Morgan fingerprint density at radius 3 is 2.58 bits per heavy atom. The van der Waals surface area contributed by atoms with Crippen molar-refractivity contribution in [1.82, 2.24) is 0 Å². The predicted octanol–water partition coefficient (Wildman–Crippen LogP) is 1.82. The van der Waals surface area contributed by atoms with Crippen LogP contribution in [0.4, 0.5) is 0 Å². The van der Waals surface area contributed by atoms with E-state index in [0.717, 1.165) is 26.1 Å². The highest BCUT2D eigenvalue weighted by Crippen LogP contribution is 2.27. The van der Waals surface area contributed by atoms with Crippen molar-refractivity contribution in [2.75, 3.05) is 13.2 Å². The van der Waals surface area contributed by atoms with Gasteiger partial charge in [-0.05, 0) is 24.2 Å². The molecule has 0 aromatic heterocycles. The molecule has 1 aliphatic rings. The normalized spacial score (nSPS) is 27.5. The van der Waals surface area contributed by atoms with Crippen LogP contribution < -0.4 is 0 Å². The SMILES string of the molecule is CC(C)(C)C(O)CC1CCOC1. The van der Waals surface area contributed by atoms with Gasteiger partial charge in [0.1, 0.15) is 0 Å². The van der Waals surface area contributed by atoms with Crippen LogP contribution in [-0.4, -0.2) is 24.4 Å². The fraction of sp³-hybridized carbons (Fsp3) is 1.00. The molecule has 0 aliphatic carbocycles. The molecule has 1 N–H and O–H groups in total. The zero-order chi connectivity index (χ0) is 9.19. The van der Waals surface area contributed by atoms with Gasteiger partial charge in [0.15, 0.2) is 0 Å². The highest BCUT2D eigenvalue weighted by atomic mass is 16.5. The highest BCUT2D eigenvalue weighted by Gasteiger charge is 2.27. The third-order valence-corrected chi connectivity index (χ3v) is 2.58. The summed E-state index contributed by atoms with van der Waals surface area (Å²) < 4.78 is 5.26. The maximum absolute atomic E-state index is 9.79. The summed E-state index contributed by atoms with van der Waals surface area (Å²) in [5, 5.41) is 9.79. The van der Waals surface area contributed by atoms with E-state index in [4.69, 9.17) is 4.74 Å². The predicted molar refractivity (Wildman–Crippen MR) is 49.0 cm³/mol. The third-order valence-electron chi connectivity index (χ3n) is 2.58. The standard InChI is InChI=1S/C10H20O2/c1-10(2,3)9(11)6-8-4-5-12-7-8/h8-9,11H,4-7H2,1-3H3. The Hall–Kier alpha value is -0.0800. The van der Waals surface area contributed by atoms with Gasteiger partial charge in [-0.25, -0.2) is 0 Å². The minimum absolute atomic E-state index is 0.0165. The van der Waals surface area contributed by atoms with Crippen molar-refractivity contribution in [2.45, 2.75) is 39.7 Å². The molecule has 2 atom stereocenters. The van der Waals surface area contributed by atoms with Gasteiger partial charge in [-0.3, -0.25) is 0 Å². The molecule has 0 amide bonds. The Kier molecular flexibility index (Phi) is 3.13. The number of hydrogen-bond donors (Lipinski definition) is 1. The maximum atomic E-state index is 9.79. The first-order valence-corrected chi connectivity index (χ1v) is 4.76. The number of rotatable bonds is 2. The molecule has 2 heteroatoms. The Labute approximate surface area is 74.9 Å². The summed E-state index contributed by atoms with van der Waals surface area (Å²) >= 11 is 0. The molecule has 2 unspecified atom stereocenters. The van der Waals surface area contributed by atoms with Gasteiger partial charge in [-0.1, -0.05) is 20.8 Å². The fourth-order valence-corrected chi connectivity index (χ4v) is 1.44. The Balaban J connectivity index is 2.30. The van der Waals surface area contributed by atoms with E-state index in [1.54, 1.807) is 0 Å². The molecule has 0 aromatic carbocycles.